The van der Waals surface area contributed by atoms with Crippen molar-refractivity contribution in [1.29, 1.82) is 0 Å². The lowest BCUT2D eigenvalue weighted by atomic mass is 10.0. The average Bonchev–Trinajstić information content (AvgIpc) is 2.84. The van der Waals surface area contributed by atoms with Crippen LogP contribution in [0.25, 0.3) is 11.1 Å². The standard InChI is InChI=1S/C32H50NO/c1-4-5-6-7-8-9-10-11-12-13-14-15-16-20-27-33(2,3)28-32(34)31-25-23-30(24-26-31)29-21-18-17-19-22-29/h17-19,21-26H,4-16,20,27-28H2,1-3H3/q+1. The molecule has 0 bridgehead atoms. The minimum atomic E-state index is 0.245. The Labute approximate surface area is 210 Å². The number of quaternary nitrogens is 1. The molecule has 0 aliphatic carbocycles. The molecule has 0 saturated carbocycles. The fraction of sp³-hybridized carbons (Fsp3) is 0.594. The van der Waals surface area contributed by atoms with E-state index >= 15 is 0 Å². The summed E-state index contributed by atoms with van der Waals surface area (Å²) >= 11 is 0. The summed E-state index contributed by atoms with van der Waals surface area (Å²) in [5, 5.41) is 0. The number of rotatable bonds is 19. The largest absolute Gasteiger partial charge is 0.322 e. The second-order valence-electron chi connectivity index (χ2n) is 10.8. The van der Waals surface area contributed by atoms with Gasteiger partial charge in [-0.05, 0) is 24.0 Å². The lowest BCUT2D eigenvalue weighted by Gasteiger charge is -2.29. The van der Waals surface area contributed by atoms with E-state index in [1.54, 1.807) is 0 Å². The minimum absolute atomic E-state index is 0.245. The number of unbranched alkanes of at least 4 members (excludes halogenated alkanes) is 13. The second kappa shape index (κ2) is 16.7. The molecule has 34 heavy (non-hydrogen) atoms. The quantitative estimate of drug-likeness (QED) is 0.115. The van der Waals surface area contributed by atoms with Crippen LogP contribution in [-0.4, -0.2) is 37.5 Å². The first-order chi connectivity index (χ1) is 16.5. The van der Waals surface area contributed by atoms with E-state index < -0.39 is 0 Å². The van der Waals surface area contributed by atoms with Crippen LogP contribution in [0, 0.1) is 0 Å². The van der Waals surface area contributed by atoms with Crippen molar-refractivity contribution in [1.82, 2.24) is 0 Å². The first-order valence-corrected chi connectivity index (χ1v) is 14.0. The highest BCUT2D eigenvalue weighted by molar-refractivity contribution is 5.97. The SMILES string of the molecule is CCCCCCCCCCCCCCCC[N+](C)(C)CC(=O)c1ccc(-c2ccccc2)cc1. The van der Waals surface area contributed by atoms with Crippen LogP contribution >= 0.6 is 0 Å². The van der Waals surface area contributed by atoms with Crippen LogP contribution in [0.3, 0.4) is 0 Å². The molecule has 0 radical (unpaired) electrons. The zero-order chi connectivity index (χ0) is 24.5. The van der Waals surface area contributed by atoms with Gasteiger partial charge in [-0.2, -0.15) is 0 Å². The molecule has 0 heterocycles. The molecule has 0 amide bonds. The van der Waals surface area contributed by atoms with E-state index in [0.717, 1.165) is 22.2 Å². The molecule has 0 fully saturated rings. The average molecular weight is 465 g/mol. The Kier molecular flexibility index (Phi) is 13.9. The molecule has 0 unspecified atom stereocenters. The van der Waals surface area contributed by atoms with E-state index in [0.29, 0.717) is 6.54 Å². The summed E-state index contributed by atoms with van der Waals surface area (Å²) in [6.07, 6.45) is 19.4. The predicted octanol–water partition coefficient (Wildman–Crippen LogP) is 9.09. The van der Waals surface area contributed by atoms with E-state index in [1.165, 1.54) is 95.5 Å². The molecule has 2 rings (SSSR count). The van der Waals surface area contributed by atoms with Gasteiger partial charge in [-0.15, -0.1) is 0 Å². The summed E-state index contributed by atoms with van der Waals surface area (Å²) in [4.78, 5) is 12.8. The van der Waals surface area contributed by atoms with Gasteiger partial charge in [0, 0.05) is 5.56 Å². The van der Waals surface area contributed by atoms with Gasteiger partial charge in [-0.25, -0.2) is 0 Å². The van der Waals surface area contributed by atoms with Gasteiger partial charge in [0.15, 0.2) is 0 Å². The van der Waals surface area contributed by atoms with Crippen molar-refractivity contribution in [2.75, 3.05) is 27.2 Å². The van der Waals surface area contributed by atoms with Crippen LogP contribution in [0.1, 0.15) is 107 Å². The zero-order valence-electron chi connectivity index (χ0n) is 22.4. The van der Waals surface area contributed by atoms with Crippen molar-refractivity contribution in [3.63, 3.8) is 0 Å². The van der Waals surface area contributed by atoms with Gasteiger partial charge < -0.3 is 4.48 Å². The first kappa shape index (κ1) is 28.3. The van der Waals surface area contributed by atoms with E-state index in [-0.39, 0.29) is 5.78 Å². The lowest BCUT2D eigenvalue weighted by Crippen LogP contribution is -2.44. The molecule has 2 aromatic carbocycles. The van der Waals surface area contributed by atoms with Crippen molar-refractivity contribution < 1.29 is 9.28 Å². The molecule has 2 aromatic rings. The second-order valence-corrected chi connectivity index (χ2v) is 10.8. The minimum Gasteiger partial charge on any atom is -0.322 e. The molecule has 0 aromatic heterocycles. The highest BCUT2D eigenvalue weighted by Crippen LogP contribution is 2.20. The number of hydrogen-bond donors (Lipinski definition) is 0. The Balaban J connectivity index is 1.53. The van der Waals surface area contributed by atoms with Crippen LogP contribution in [0.4, 0.5) is 0 Å². The maximum atomic E-state index is 12.8. The predicted molar refractivity (Wildman–Crippen MR) is 148 cm³/mol. The number of carbonyl (C=O) groups is 1. The summed E-state index contributed by atoms with van der Waals surface area (Å²) in [5.74, 6) is 0.245. The van der Waals surface area contributed by atoms with Gasteiger partial charge in [0.2, 0.25) is 5.78 Å². The number of likely N-dealkylation sites (N-methyl/N-ethyl adjacent to an activating group) is 1. The lowest BCUT2D eigenvalue weighted by molar-refractivity contribution is -0.882. The Bertz CT molecular complexity index is 778. The van der Waals surface area contributed by atoms with E-state index in [9.17, 15) is 4.79 Å². The van der Waals surface area contributed by atoms with Gasteiger partial charge in [0.1, 0.15) is 6.54 Å². The van der Waals surface area contributed by atoms with Crippen LogP contribution in [0.2, 0.25) is 0 Å². The van der Waals surface area contributed by atoms with Crippen LogP contribution in [0.15, 0.2) is 54.6 Å². The molecule has 0 aliphatic heterocycles. The van der Waals surface area contributed by atoms with Gasteiger partial charge in [-0.1, -0.05) is 139 Å². The molecule has 0 aliphatic rings. The number of benzene rings is 2. The molecule has 2 heteroatoms. The Morgan fingerprint density at radius 2 is 1.03 bits per heavy atom. The fourth-order valence-corrected chi connectivity index (χ4v) is 4.77. The third-order valence-electron chi connectivity index (χ3n) is 7.00. The third-order valence-corrected chi connectivity index (χ3v) is 7.00. The van der Waals surface area contributed by atoms with Crippen molar-refractivity contribution >= 4 is 5.78 Å². The van der Waals surface area contributed by atoms with Crippen LogP contribution in [0.5, 0.6) is 0 Å². The third kappa shape index (κ3) is 12.0. The zero-order valence-corrected chi connectivity index (χ0v) is 22.4. The topological polar surface area (TPSA) is 17.1 Å². The molecule has 0 saturated heterocycles. The van der Waals surface area contributed by atoms with E-state index in [4.69, 9.17) is 0 Å². The maximum absolute atomic E-state index is 12.8. The number of hydrogen-bond acceptors (Lipinski definition) is 1. The smallest absolute Gasteiger partial charge is 0.216 e. The first-order valence-electron chi connectivity index (χ1n) is 14.0. The van der Waals surface area contributed by atoms with E-state index in [2.05, 4.69) is 45.3 Å². The number of nitrogens with zero attached hydrogens (tertiary/aromatic N) is 1. The Hall–Kier alpha value is -1.93. The Morgan fingerprint density at radius 1 is 0.588 bits per heavy atom. The highest BCUT2D eigenvalue weighted by Gasteiger charge is 2.20. The maximum Gasteiger partial charge on any atom is 0.216 e. The van der Waals surface area contributed by atoms with Crippen LogP contribution < -0.4 is 0 Å². The van der Waals surface area contributed by atoms with Crippen molar-refractivity contribution in [3.05, 3.63) is 60.2 Å². The van der Waals surface area contributed by atoms with Gasteiger partial charge in [-0.3, -0.25) is 4.79 Å². The summed E-state index contributed by atoms with van der Waals surface area (Å²) in [6.45, 7) is 3.93. The normalized spacial score (nSPS) is 11.6. The summed E-state index contributed by atoms with van der Waals surface area (Å²) in [5.41, 5.74) is 3.18. The number of carbonyl (C=O) groups excluding carboxylic acids is 1. The molecule has 188 valence electrons. The van der Waals surface area contributed by atoms with Gasteiger partial charge >= 0.3 is 0 Å². The fourth-order valence-electron chi connectivity index (χ4n) is 4.77. The van der Waals surface area contributed by atoms with Gasteiger partial charge in [0.25, 0.3) is 0 Å². The molecule has 2 nitrogen and oxygen atoms in total. The molecule has 0 spiro atoms. The number of ketones is 1. The van der Waals surface area contributed by atoms with E-state index in [1.807, 2.05) is 30.3 Å². The number of Topliss-reactive ketones (excluding diaryl/α,β-unsaturated/α-hetero) is 1. The monoisotopic (exact) mass is 464 g/mol. The van der Waals surface area contributed by atoms with Crippen molar-refractivity contribution in [2.45, 2.75) is 96.8 Å². The van der Waals surface area contributed by atoms with Crippen molar-refractivity contribution in [2.24, 2.45) is 0 Å². The van der Waals surface area contributed by atoms with Crippen molar-refractivity contribution in [3.8, 4) is 11.1 Å². The summed E-state index contributed by atoms with van der Waals surface area (Å²) < 4.78 is 0.775. The summed E-state index contributed by atoms with van der Waals surface area (Å²) in [7, 11) is 4.39. The molecule has 0 N–H and O–H groups in total. The Morgan fingerprint density at radius 3 is 1.53 bits per heavy atom. The molecular formula is C32H50NO+. The summed E-state index contributed by atoms with van der Waals surface area (Å²) in [6, 6.07) is 18.4. The highest BCUT2D eigenvalue weighted by atomic mass is 16.1. The van der Waals surface area contributed by atoms with Gasteiger partial charge in [0.05, 0.1) is 20.6 Å². The van der Waals surface area contributed by atoms with Crippen LogP contribution in [-0.2, 0) is 0 Å². The molecule has 0 atom stereocenters. The molecular weight excluding hydrogens is 414 g/mol.